The summed E-state index contributed by atoms with van der Waals surface area (Å²) in [5.74, 6) is 7.05. The van der Waals surface area contributed by atoms with Crippen molar-refractivity contribution in [3.63, 3.8) is 0 Å². The molecule has 4 rings (SSSR count). The van der Waals surface area contributed by atoms with E-state index >= 15 is 0 Å². The van der Waals surface area contributed by atoms with Gasteiger partial charge in [0.1, 0.15) is 11.5 Å². The van der Waals surface area contributed by atoms with Crippen molar-refractivity contribution in [1.29, 1.82) is 0 Å². The van der Waals surface area contributed by atoms with E-state index in [1.807, 2.05) is 37.3 Å². The van der Waals surface area contributed by atoms with Crippen molar-refractivity contribution in [1.82, 2.24) is 10.2 Å². The topological polar surface area (TPSA) is 57.2 Å². The Morgan fingerprint density at radius 3 is 2.28 bits per heavy atom. The van der Waals surface area contributed by atoms with E-state index in [2.05, 4.69) is 51.3 Å². The van der Waals surface area contributed by atoms with Gasteiger partial charge in [-0.1, -0.05) is 24.0 Å². The Hall–Kier alpha value is -3.40. The number of benzene rings is 2. The van der Waals surface area contributed by atoms with Gasteiger partial charge in [-0.3, -0.25) is 9.69 Å². The van der Waals surface area contributed by atoms with Crippen LogP contribution in [0.1, 0.15) is 23.6 Å². The molecule has 2 aliphatic heterocycles. The van der Waals surface area contributed by atoms with Crippen LogP contribution in [0.5, 0.6) is 0 Å². The highest BCUT2D eigenvalue weighted by molar-refractivity contribution is 6.13. The zero-order valence-electron chi connectivity index (χ0n) is 18.6. The zero-order valence-corrected chi connectivity index (χ0v) is 18.6. The number of amides is 1. The molecule has 32 heavy (non-hydrogen) atoms. The molecule has 2 aliphatic rings. The van der Waals surface area contributed by atoms with Gasteiger partial charge in [0.25, 0.3) is 5.91 Å². The van der Waals surface area contributed by atoms with Crippen molar-refractivity contribution in [3.8, 4) is 11.8 Å². The number of piperazine rings is 1. The fourth-order valence-corrected chi connectivity index (χ4v) is 3.75. The Morgan fingerprint density at radius 2 is 1.66 bits per heavy atom. The molecular weight excluding hydrogens is 400 g/mol. The van der Waals surface area contributed by atoms with E-state index in [9.17, 15) is 4.79 Å². The van der Waals surface area contributed by atoms with Crippen LogP contribution in [0.2, 0.25) is 0 Å². The quantitative estimate of drug-likeness (QED) is 0.588. The van der Waals surface area contributed by atoms with Gasteiger partial charge in [0.05, 0.1) is 13.2 Å². The summed E-state index contributed by atoms with van der Waals surface area (Å²) in [7, 11) is 1.62. The number of hydrogen-bond donors (Lipinski definition) is 1. The number of carbonyl (C=O) groups is 1. The molecule has 0 saturated carbocycles. The van der Waals surface area contributed by atoms with Gasteiger partial charge in [-0.05, 0) is 55.0 Å². The van der Waals surface area contributed by atoms with Gasteiger partial charge in [0.15, 0.2) is 0 Å². The van der Waals surface area contributed by atoms with Crippen LogP contribution < -0.4 is 10.2 Å². The van der Waals surface area contributed by atoms with Crippen LogP contribution in [0, 0.1) is 11.8 Å². The summed E-state index contributed by atoms with van der Waals surface area (Å²) in [5, 5.41) is 3.37. The molecule has 0 radical (unpaired) electrons. The van der Waals surface area contributed by atoms with E-state index in [0.29, 0.717) is 24.7 Å². The number of hydrogen-bond acceptors (Lipinski definition) is 5. The normalized spacial score (nSPS) is 17.4. The van der Waals surface area contributed by atoms with Gasteiger partial charge >= 0.3 is 0 Å². The molecule has 6 heteroatoms. The number of nitrogens with one attached hydrogen (secondary N) is 1. The van der Waals surface area contributed by atoms with Crippen LogP contribution in [0.4, 0.5) is 5.69 Å². The van der Waals surface area contributed by atoms with Crippen LogP contribution in [0.15, 0.2) is 59.2 Å². The zero-order chi connectivity index (χ0) is 22.3. The Bertz CT molecular complexity index is 1070. The van der Waals surface area contributed by atoms with Crippen LogP contribution >= 0.6 is 0 Å². The fourth-order valence-electron chi connectivity index (χ4n) is 3.75. The first-order valence-electron chi connectivity index (χ1n) is 10.9. The predicted molar refractivity (Wildman–Crippen MR) is 129 cm³/mol. The molecule has 0 spiro atoms. The van der Waals surface area contributed by atoms with Crippen LogP contribution in [0.25, 0.3) is 6.08 Å². The first-order valence-corrected chi connectivity index (χ1v) is 10.9. The summed E-state index contributed by atoms with van der Waals surface area (Å²) in [4.78, 5) is 21.0. The lowest BCUT2D eigenvalue weighted by atomic mass is 10.1. The third-order valence-corrected chi connectivity index (χ3v) is 5.57. The van der Waals surface area contributed by atoms with E-state index in [-0.39, 0.29) is 5.91 Å². The molecule has 164 valence electrons. The molecule has 0 atom stereocenters. The molecule has 6 nitrogen and oxygen atoms in total. The fraction of sp³-hybridized carbons (Fsp3) is 0.308. The Balaban J connectivity index is 1.40. The summed E-state index contributed by atoms with van der Waals surface area (Å²) >= 11 is 0. The lowest BCUT2D eigenvalue weighted by Crippen LogP contribution is -2.43. The number of methoxy groups -OCH3 is 1. The molecule has 2 aromatic carbocycles. The first-order chi connectivity index (χ1) is 15.6. The molecule has 2 heterocycles. The highest BCUT2D eigenvalue weighted by atomic mass is 16.5. The molecule has 0 bridgehead atoms. The maximum absolute atomic E-state index is 12.5. The number of nitrogens with zero attached hydrogens (tertiary/aromatic N) is 3. The monoisotopic (exact) mass is 428 g/mol. The number of amidine groups is 1. The molecule has 1 fully saturated rings. The second-order valence-electron chi connectivity index (χ2n) is 7.79. The van der Waals surface area contributed by atoms with Crippen LogP contribution in [0.3, 0.4) is 0 Å². The van der Waals surface area contributed by atoms with E-state index < -0.39 is 0 Å². The summed E-state index contributed by atoms with van der Waals surface area (Å²) in [6.45, 7) is 6.96. The van der Waals surface area contributed by atoms with Crippen molar-refractivity contribution in [2.45, 2.75) is 6.92 Å². The molecule has 1 N–H and O–H groups in total. The number of anilines is 1. The van der Waals surface area contributed by atoms with Gasteiger partial charge in [-0.15, -0.1) is 0 Å². The molecule has 1 saturated heterocycles. The van der Waals surface area contributed by atoms with E-state index in [0.717, 1.165) is 42.9 Å². The smallest absolute Gasteiger partial charge is 0.277 e. The summed E-state index contributed by atoms with van der Waals surface area (Å²) in [6.07, 6.45) is 1.81. The standard InChI is InChI=1S/C26H28N4O2/c1-20-28-25(26(31)30(20)17-18-32-2)19-23-7-5-21(6-8-23)3-4-22-9-11-24(12-10-22)29-15-13-27-14-16-29/h5-12,19,27H,13-18H2,1-2H3/b25-19-. The molecule has 0 unspecified atom stereocenters. The van der Waals surface area contributed by atoms with Gasteiger partial charge in [0, 0.05) is 50.1 Å². The second kappa shape index (κ2) is 10.3. The lowest BCUT2D eigenvalue weighted by Gasteiger charge is -2.29. The minimum Gasteiger partial charge on any atom is -0.383 e. The van der Waals surface area contributed by atoms with E-state index in [1.165, 1.54) is 5.69 Å². The number of rotatable bonds is 5. The number of carbonyl (C=O) groups excluding carboxylic acids is 1. The van der Waals surface area contributed by atoms with Crippen molar-refractivity contribution in [2.24, 2.45) is 4.99 Å². The Kier molecular flexibility index (Phi) is 7.00. The maximum Gasteiger partial charge on any atom is 0.277 e. The maximum atomic E-state index is 12.5. The second-order valence-corrected chi connectivity index (χ2v) is 7.79. The van der Waals surface area contributed by atoms with Crippen molar-refractivity contribution >= 4 is 23.5 Å². The first kappa shape index (κ1) is 21.8. The lowest BCUT2D eigenvalue weighted by molar-refractivity contribution is -0.123. The van der Waals surface area contributed by atoms with Crippen LogP contribution in [-0.4, -0.2) is 63.1 Å². The summed E-state index contributed by atoms with van der Waals surface area (Å²) in [5.41, 5.74) is 4.53. The van der Waals surface area contributed by atoms with Crippen molar-refractivity contribution in [2.75, 3.05) is 51.3 Å². The average Bonchev–Trinajstić information content (AvgIpc) is 3.10. The van der Waals surface area contributed by atoms with Crippen LogP contribution in [-0.2, 0) is 9.53 Å². The third kappa shape index (κ3) is 5.25. The molecule has 2 aromatic rings. The highest BCUT2D eigenvalue weighted by Crippen LogP contribution is 2.19. The molecule has 0 aromatic heterocycles. The van der Waals surface area contributed by atoms with E-state index in [1.54, 1.807) is 12.0 Å². The minimum absolute atomic E-state index is 0.0901. The minimum atomic E-state index is -0.0901. The van der Waals surface area contributed by atoms with E-state index in [4.69, 9.17) is 4.74 Å². The largest absolute Gasteiger partial charge is 0.383 e. The molecule has 0 aliphatic carbocycles. The predicted octanol–water partition coefficient (Wildman–Crippen LogP) is 2.74. The Labute approximate surface area is 189 Å². The average molecular weight is 429 g/mol. The van der Waals surface area contributed by atoms with Crippen molar-refractivity contribution in [3.05, 3.63) is 70.9 Å². The molecule has 1 amide bonds. The van der Waals surface area contributed by atoms with Crippen molar-refractivity contribution < 1.29 is 9.53 Å². The van der Waals surface area contributed by atoms with Gasteiger partial charge in [-0.2, -0.15) is 0 Å². The highest BCUT2D eigenvalue weighted by Gasteiger charge is 2.26. The number of ether oxygens (including phenoxy) is 1. The SMILES string of the molecule is COCCN1C(=O)/C(=C/c2ccc(C#Cc3ccc(N4CCNCC4)cc3)cc2)N=C1C. The number of aliphatic imine (C=N–C) groups is 1. The van der Waals surface area contributed by atoms with Gasteiger partial charge in [0.2, 0.25) is 0 Å². The van der Waals surface area contributed by atoms with Gasteiger partial charge in [-0.25, -0.2) is 4.99 Å². The van der Waals surface area contributed by atoms with Gasteiger partial charge < -0.3 is 15.0 Å². The third-order valence-electron chi connectivity index (χ3n) is 5.57. The Morgan fingerprint density at radius 1 is 1.03 bits per heavy atom. The summed E-state index contributed by atoms with van der Waals surface area (Å²) in [6, 6.07) is 16.3. The molecular formula is C26H28N4O2. The summed E-state index contributed by atoms with van der Waals surface area (Å²) < 4.78 is 5.07.